The summed E-state index contributed by atoms with van der Waals surface area (Å²) in [7, 11) is 0. The number of ether oxygens (including phenoxy) is 1. The predicted octanol–water partition coefficient (Wildman–Crippen LogP) is 3.01. The van der Waals surface area contributed by atoms with Crippen LogP contribution in [-0.4, -0.2) is 23.9 Å². The Labute approximate surface area is 160 Å². The van der Waals surface area contributed by atoms with E-state index in [1.165, 1.54) is 26.0 Å². The summed E-state index contributed by atoms with van der Waals surface area (Å²) in [6.45, 7) is 2.53. The van der Waals surface area contributed by atoms with Gasteiger partial charge in [0.25, 0.3) is 5.91 Å². The van der Waals surface area contributed by atoms with E-state index >= 15 is 0 Å². The fourth-order valence-corrected chi connectivity index (χ4v) is 2.15. The highest BCUT2D eigenvalue weighted by molar-refractivity contribution is 6.00. The van der Waals surface area contributed by atoms with Gasteiger partial charge in [-0.1, -0.05) is 30.3 Å². The maximum Gasteiger partial charge on any atom is 0.355 e. The van der Waals surface area contributed by atoms with Crippen molar-refractivity contribution >= 4 is 29.5 Å². The van der Waals surface area contributed by atoms with Crippen molar-refractivity contribution in [2.24, 2.45) is 0 Å². The molecule has 2 aromatic carbocycles. The smallest absolute Gasteiger partial charge is 0.355 e. The molecule has 1 atom stereocenters. The second-order valence-corrected chi connectivity index (χ2v) is 5.82. The van der Waals surface area contributed by atoms with Gasteiger partial charge in [-0.25, -0.2) is 13.6 Å². The lowest BCUT2D eigenvalue weighted by atomic mass is 10.2. The lowest BCUT2D eigenvalue weighted by Gasteiger charge is -2.15. The summed E-state index contributed by atoms with van der Waals surface area (Å²) in [6, 6.07) is 11.6. The number of benzene rings is 2. The van der Waals surface area contributed by atoms with Gasteiger partial charge in [0.2, 0.25) is 5.91 Å². The first-order chi connectivity index (χ1) is 13.3. The van der Waals surface area contributed by atoms with E-state index in [0.717, 1.165) is 12.1 Å². The van der Waals surface area contributed by atoms with Gasteiger partial charge in [-0.05, 0) is 30.7 Å². The molecule has 6 nitrogen and oxygen atoms in total. The summed E-state index contributed by atoms with van der Waals surface area (Å²) < 4.78 is 31.2. The maximum absolute atomic E-state index is 13.2. The van der Waals surface area contributed by atoms with E-state index in [9.17, 15) is 23.2 Å². The first kappa shape index (κ1) is 20.8. The number of nitrogens with one attached hydrogen (secondary N) is 2. The van der Waals surface area contributed by atoms with E-state index in [-0.39, 0.29) is 11.4 Å². The van der Waals surface area contributed by atoms with Gasteiger partial charge in [0.15, 0.2) is 17.7 Å². The van der Waals surface area contributed by atoms with Crippen LogP contribution in [0.1, 0.15) is 19.4 Å². The first-order valence-electron chi connectivity index (χ1n) is 8.27. The number of amides is 2. The van der Waals surface area contributed by atoms with Gasteiger partial charge >= 0.3 is 5.97 Å². The van der Waals surface area contributed by atoms with Crippen LogP contribution in [0.5, 0.6) is 0 Å². The van der Waals surface area contributed by atoms with Crippen LogP contribution in [0.15, 0.2) is 54.2 Å². The minimum Gasteiger partial charge on any atom is -0.448 e. The van der Waals surface area contributed by atoms with E-state index < -0.39 is 35.5 Å². The summed E-state index contributed by atoms with van der Waals surface area (Å²) in [4.78, 5) is 35.9. The lowest BCUT2D eigenvalue weighted by molar-refractivity contribution is -0.149. The van der Waals surface area contributed by atoms with Crippen molar-refractivity contribution in [2.45, 2.75) is 20.0 Å². The van der Waals surface area contributed by atoms with Crippen molar-refractivity contribution in [3.63, 3.8) is 0 Å². The minimum absolute atomic E-state index is 0.00807. The Balaban J connectivity index is 2.08. The number of carbonyl (C=O) groups excluding carboxylic acids is 3. The monoisotopic (exact) mass is 388 g/mol. The van der Waals surface area contributed by atoms with Crippen molar-refractivity contribution in [2.75, 3.05) is 5.32 Å². The SMILES string of the molecule is CC(=O)N/C(=C\c1ccccc1)C(=O)O[C@@H](C)C(=O)Nc1ccc(F)c(F)c1. The van der Waals surface area contributed by atoms with Crippen LogP contribution < -0.4 is 10.6 Å². The number of esters is 1. The molecular weight excluding hydrogens is 370 g/mol. The Kier molecular flexibility index (Phi) is 6.97. The number of hydrogen-bond acceptors (Lipinski definition) is 4. The molecule has 0 aliphatic carbocycles. The molecule has 2 N–H and O–H groups in total. The third-order valence-corrected chi connectivity index (χ3v) is 3.48. The van der Waals surface area contributed by atoms with E-state index in [1.807, 2.05) is 0 Å². The van der Waals surface area contributed by atoms with Gasteiger partial charge in [0, 0.05) is 18.7 Å². The summed E-state index contributed by atoms with van der Waals surface area (Å²) in [6.07, 6.45) is 0.150. The van der Waals surface area contributed by atoms with E-state index in [4.69, 9.17) is 4.74 Å². The van der Waals surface area contributed by atoms with Crippen LogP contribution in [-0.2, 0) is 19.1 Å². The quantitative estimate of drug-likeness (QED) is 0.589. The van der Waals surface area contributed by atoms with Gasteiger partial charge in [-0.3, -0.25) is 9.59 Å². The predicted molar refractivity (Wildman–Crippen MR) is 98.8 cm³/mol. The fourth-order valence-electron chi connectivity index (χ4n) is 2.15. The highest BCUT2D eigenvalue weighted by Crippen LogP contribution is 2.14. The highest BCUT2D eigenvalue weighted by atomic mass is 19.2. The normalized spacial score (nSPS) is 12.1. The van der Waals surface area contributed by atoms with Crippen molar-refractivity contribution in [1.82, 2.24) is 5.32 Å². The molecule has 0 aliphatic heterocycles. The van der Waals surface area contributed by atoms with Crippen LogP contribution in [0.3, 0.4) is 0 Å². The topological polar surface area (TPSA) is 84.5 Å². The highest BCUT2D eigenvalue weighted by Gasteiger charge is 2.21. The molecule has 146 valence electrons. The van der Waals surface area contributed by atoms with Crippen LogP contribution in [0, 0.1) is 11.6 Å². The Morgan fingerprint density at radius 2 is 1.71 bits per heavy atom. The maximum atomic E-state index is 13.2. The van der Waals surface area contributed by atoms with Crippen LogP contribution >= 0.6 is 0 Å². The molecule has 0 unspecified atom stereocenters. The standard InChI is InChI=1S/C20H18F2N2O4/c1-12(19(26)24-15-8-9-16(21)17(22)11-15)28-20(27)18(23-13(2)25)10-14-6-4-3-5-7-14/h3-12H,1-2H3,(H,23,25)(H,24,26)/b18-10-/t12-/m0/s1. The minimum atomic E-state index is -1.26. The van der Waals surface area contributed by atoms with Crippen LogP contribution in [0.25, 0.3) is 6.08 Å². The van der Waals surface area contributed by atoms with Gasteiger partial charge < -0.3 is 15.4 Å². The molecule has 0 spiro atoms. The van der Waals surface area contributed by atoms with E-state index in [1.54, 1.807) is 30.3 Å². The van der Waals surface area contributed by atoms with Crippen molar-refractivity contribution in [1.29, 1.82) is 0 Å². The molecule has 0 saturated heterocycles. The molecule has 0 bridgehead atoms. The van der Waals surface area contributed by atoms with Crippen LogP contribution in [0.4, 0.5) is 14.5 Å². The van der Waals surface area contributed by atoms with Crippen LogP contribution in [0.2, 0.25) is 0 Å². The Bertz CT molecular complexity index is 914. The van der Waals surface area contributed by atoms with Gasteiger partial charge in [-0.15, -0.1) is 0 Å². The lowest BCUT2D eigenvalue weighted by Crippen LogP contribution is -2.33. The molecule has 0 aliphatic rings. The van der Waals surface area contributed by atoms with E-state index in [0.29, 0.717) is 5.56 Å². The summed E-state index contributed by atoms with van der Waals surface area (Å²) >= 11 is 0. The molecule has 0 aromatic heterocycles. The molecule has 0 saturated carbocycles. The average molecular weight is 388 g/mol. The Morgan fingerprint density at radius 1 is 1.04 bits per heavy atom. The average Bonchev–Trinajstić information content (AvgIpc) is 2.64. The zero-order valence-corrected chi connectivity index (χ0v) is 15.2. The van der Waals surface area contributed by atoms with E-state index in [2.05, 4.69) is 10.6 Å². The second kappa shape index (κ2) is 9.40. The van der Waals surface area contributed by atoms with Crippen molar-refractivity contribution in [3.8, 4) is 0 Å². The summed E-state index contributed by atoms with van der Waals surface area (Å²) in [5.74, 6) is -4.34. The first-order valence-corrected chi connectivity index (χ1v) is 8.27. The van der Waals surface area contributed by atoms with Crippen molar-refractivity contribution < 1.29 is 27.9 Å². The third-order valence-electron chi connectivity index (χ3n) is 3.48. The molecule has 8 heteroatoms. The Hall–Kier alpha value is -3.55. The largest absolute Gasteiger partial charge is 0.448 e. The molecule has 2 amide bonds. The second-order valence-electron chi connectivity index (χ2n) is 5.82. The molecular formula is C20H18F2N2O4. The molecule has 2 rings (SSSR count). The molecule has 0 heterocycles. The zero-order chi connectivity index (χ0) is 20.7. The fraction of sp³-hybridized carbons (Fsp3) is 0.150. The number of carbonyl (C=O) groups is 3. The number of anilines is 1. The number of hydrogen-bond donors (Lipinski definition) is 2. The summed E-state index contributed by atoms with van der Waals surface area (Å²) in [5, 5.41) is 4.68. The van der Waals surface area contributed by atoms with Crippen molar-refractivity contribution in [3.05, 3.63) is 71.4 Å². The molecule has 2 aromatic rings. The van der Waals surface area contributed by atoms with Gasteiger partial charge in [0.05, 0.1) is 0 Å². The number of halogens is 2. The molecule has 0 fully saturated rings. The number of rotatable bonds is 6. The summed E-state index contributed by atoms with van der Waals surface area (Å²) in [5.41, 5.74) is 0.502. The van der Waals surface area contributed by atoms with Gasteiger partial charge in [-0.2, -0.15) is 0 Å². The Morgan fingerprint density at radius 3 is 2.32 bits per heavy atom. The zero-order valence-electron chi connectivity index (χ0n) is 15.2. The molecule has 28 heavy (non-hydrogen) atoms. The third kappa shape index (κ3) is 6.01. The van der Waals surface area contributed by atoms with Gasteiger partial charge in [0.1, 0.15) is 5.70 Å². The molecule has 0 radical (unpaired) electrons.